The number of halogens is 1. The summed E-state index contributed by atoms with van der Waals surface area (Å²) in [5, 5.41) is 7.98. The number of thiazole rings is 1. The first kappa shape index (κ1) is 24.9. The number of ether oxygens (including phenoxy) is 1. The van der Waals surface area contributed by atoms with E-state index in [0.717, 1.165) is 43.2 Å². The van der Waals surface area contributed by atoms with Gasteiger partial charge in [-0.05, 0) is 40.0 Å². The summed E-state index contributed by atoms with van der Waals surface area (Å²) in [5.74, 6) is 0.844. The van der Waals surface area contributed by atoms with Gasteiger partial charge in [-0.2, -0.15) is 0 Å². The Bertz CT molecular complexity index is 630. The summed E-state index contributed by atoms with van der Waals surface area (Å²) in [6.45, 7) is 11.6. The standard InChI is InChI=1S/C19H33N5O2S.HI/c1-5-16-14(4)27-17(23-16)8-11-21-18(20-6-2)22-15-9-12-24(13-10-15)19(25)26-7-3;/h15H,5-13H2,1-4H3,(H2,20,21,22);1H. The molecule has 0 radical (unpaired) electrons. The Morgan fingerprint density at radius 3 is 2.61 bits per heavy atom. The van der Waals surface area contributed by atoms with Crippen molar-refractivity contribution in [3.05, 3.63) is 15.6 Å². The predicted molar refractivity (Wildman–Crippen MR) is 126 cm³/mol. The number of aryl methyl sites for hydroxylation is 2. The number of hydrogen-bond acceptors (Lipinski definition) is 5. The summed E-state index contributed by atoms with van der Waals surface area (Å²) in [7, 11) is 0. The van der Waals surface area contributed by atoms with E-state index in [1.54, 1.807) is 16.2 Å². The SMILES string of the molecule is CCNC(=NCCc1nc(CC)c(C)s1)NC1CCN(C(=O)OCC)CC1.I. The third-order valence-corrected chi connectivity index (χ3v) is 5.65. The van der Waals surface area contributed by atoms with Crippen LogP contribution in [0, 0.1) is 6.92 Å². The zero-order valence-electron chi connectivity index (χ0n) is 17.4. The van der Waals surface area contributed by atoms with E-state index in [1.165, 1.54) is 10.6 Å². The predicted octanol–water partition coefficient (Wildman–Crippen LogP) is 3.35. The number of nitrogens with one attached hydrogen (secondary N) is 2. The number of hydrogen-bond donors (Lipinski definition) is 2. The molecule has 1 aliphatic heterocycles. The molecule has 1 saturated heterocycles. The Balaban J connectivity index is 0.00000392. The van der Waals surface area contributed by atoms with E-state index in [1.807, 2.05) is 6.92 Å². The smallest absolute Gasteiger partial charge is 0.409 e. The topological polar surface area (TPSA) is 78.9 Å². The van der Waals surface area contributed by atoms with Gasteiger partial charge >= 0.3 is 6.09 Å². The van der Waals surface area contributed by atoms with Crippen LogP contribution in [0.4, 0.5) is 4.79 Å². The molecule has 1 fully saturated rings. The largest absolute Gasteiger partial charge is 0.450 e. The van der Waals surface area contributed by atoms with Crippen molar-refractivity contribution in [2.45, 2.75) is 59.4 Å². The molecule has 2 heterocycles. The molecular weight excluding hydrogens is 489 g/mol. The van der Waals surface area contributed by atoms with Gasteiger partial charge in [0.2, 0.25) is 0 Å². The highest BCUT2D eigenvalue weighted by molar-refractivity contribution is 14.0. The highest BCUT2D eigenvalue weighted by Crippen LogP contribution is 2.18. The van der Waals surface area contributed by atoms with Gasteiger partial charge in [-0.15, -0.1) is 35.3 Å². The van der Waals surface area contributed by atoms with Gasteiger partial charge in [0.1, 0.15) is 0 Å². The molecule has 1 aromatic rings. The lowest BCUT2D eigenvalue weighted by molar-refractivity contribution is 0.0963. The molecule has 0 saturated carbocycles. The molecule has 1 amide bonds. The maximum atomic E-state index is 11.8. The molecule has 0 unspecified atom stereocenters. The van der Waals surface area contributed by atoms with Crippen LogP contribution in [-0.2, 0) is 17.6 Å². The molecule has 0 atom stereocenters. The van der Waals surface area contributed by atoms with Gasteiger partial charge in [0.05, 0.1) is 17.3 Å². The zero-order chi connectivity index (χ0) is 19.6. The minimum atomic E-state index is -0.207. The van der Waals surface area contributed by atoms with E-state index in [2.05, 4.69) is 36.4 Å². The fraction of sp³-hybridized carbons (Fsp3) is 0.737. The van der Waals surface area contributed by atoms with Crippen LogP contribution in [0.15, 0.2) is 4.99 Å². The number of likely N-dealkylation sites (tertiary alicyclic amines) is 1. The molecule has 1 aromatic heterocycles. The van der Waals surface area contributed by atoms with Gasteiger partial charge in [0, 0.05) is 43.5 Å². The number of carbonyl (C=O) groups is 1. The maximum Gasteiger partial charge on any atom is 0.409 e. The van der Waals surface area contributed by atoms with Gasteiger partial charge in [-0.3, -0.25) is 4.99 Å². The highest BCUT2D eigenvalue weighted by Gasteiger charge is 2.24. The van der Waals surface area contributed by atoms with Gasteiger partial charge in [-0.25, -0.2) is 9.78 Å². The van der Waals surface area contributed by atoms with E-state index in [4.69, 9.17) is 9.73 Å². The number of piperidine rings is 1. The molecule has 7 nitrogen and oxygen atoms in total. The van der Waals surface area contributed by atoms with Crippen molar-refractivity contribution in [3.63, 3.8) is 0 Å². The lowest BCUT2D eigenvalue weighted by Crippen LogP contribution is -2.50. The number of amides is 1. The number of aromatic nitrogens is 1. The summed E-state index contributed by atoms with van der Waals surface area (Å²) in [6, 6.07) is 0.322. The Hall–Kier alpha value is -1.10. The van der Waals surface area contributed by atoms with Crippen LogP contribution < -0.4 is 10.6 Å². The first-order valence-electron chi connectivity index (χ1n) is 9.99. The van der Waals surface area contributed by atoms with Gasteiger partial charge in [-0.1, -0.05) is 6.92 Å². The number of carbonyl (C=O) groups excluding carboxylic acids is 1. The molecule has 9 heteroatoms. The summed E-state index contributed by atoms with van der Waals surface area (Å²) >= 11 is 1.78. The minimum Gasteiger partial charge on any atom is -0.450 e. The molecule has 0 spiro atoms. The second kappa shape index (κ2) is 13.2. The van der Waals surface area contributed by atoms with Crippen molar-refractivity contribution < 1.29 is 9.53 Å². The quantitative estimate of drug-likeness (QED) is 0.326. The van der Waals surface area contributed by atoms with Crippen LogP contribution in [-0.4, -0.2) is 60.8 Å². The molecule has 2 N–H and O–H groups in total. The molecule has 28 heavy (non-hydrogen) atoms. The molecule has 0 bridgehead atoms. The van der Waals surface area contributed by atoms with E-state index in [0.29, 0.717) is 32.3 Å². The second-order valence-electron chi connectivity index (χ2n) is 6.58. The van der Waals surface area contributed by atoms with Gasteiger partial charge in [0.15, 0.2) is 5.96 Å². The van der Waals surface area contributed by atoms with Crippen molar-refractivity contribution >= 4 is 47.4 Å². The molecule has 2 rings (SSSR count). The van der Waals surface area contributed by atoms with Crippen molar-refractivity contribution in [1.82, 2.24) is 20.5 Å². The van der Waals surface area contributed by atoms with Crippen LogP contribution in [0.25, 0.3) is 0 Å². The van der Waals surface area contributed by atoms with Gasteiger partial charge < -0.3 is 20.3 Å². The fourth-order valence-electron chi connectivity index (χ4n) is 3.12. The van der Waals surface area contributed by atoms with E-state index >= 15 is 0 Å². The third-order valence-electron chi connectivity index (χ3n) is 4.57. The van der Waals surface area contributed by atoms with E-state index in [-0.39, 0.29) is 30.1 Å². The number of rotatable bonds is 7. The van der Waals surface area contributed by atoms with Gasteiger partial charge in [0.25, 0.3) is 0 Å². The summed E-state index contributed by atoms with van der Waals surface area (Å²) in [5.41, 5.74) is 1.21. The van der Waals surface area contributed by atoms with Crippen molar-refractivity contribution in [1.29, 1.82) is 0 Å². The molecule has 0 aliphatic carbocycles. The average molecular weight is 523 g/mol. The van der Waals surface area contributed by atoms with E-state index in [9.17, 15) is 4.79 Å². The summed E-state index contributed by atoms with van der Waals surface area (Å²) < 4.78 is 5.08. The lowest BCUT2D eigenvalue weighted by Gasteiger charge is -2.32. The normalized spacial score (nSPS) is 15.1. The minimum absolute atomic E-state index is 0. The van der Waals surface area contributed by atoms with Crippen LogP contribution in [0.1, 0.15) is 49.2 Å². The van der Waals surface area contributed by atoms with Crippen LogP contribution in [0.3, 0.4) is 0 Å². The Morgan fingerprint density at radius 1 is 1.32 bits per heavy atom. The van der Waals surface area contributed by atoms with Crippen LogP contribution in [0.2, 0.25) is 0 Å². The Morgan fingerprint density at radius 2 is 2.04 bits per heavy atom. The van der Waals surface area contributed by atoms with Crippen molar-refractivity contribution in [2.24, 2.45) is 4.99 Å². The Kier molecular flexibility index (Phi) is 11.7. The first-order valence-corrected chi connectivity index (χ1v) is 10.8. The Labute approximate surface area is 189 Å². The number of aliphatic imine (C=N–C) groups is 1. The molecular formula is C19H34IN5O2S. The molecule has 0 aromatic carbocycles. The third kappa shape index (κ3) is 7.73. The van der Waals surface area contributed by atoms with Crippen LogP contribution >= 0.6 is 35.3 Å². The average Bonchev–Trinajstić information content (AvgIpc) is 3.02. The number of nitrogens with zero attached hydrogens (tertiary/aromatic N) is 3. The van der Waals surface area contributed by atoms with Crippen molar-refractivity contribution in [3.8, 4) is 0 Å². The summed E-state index contributed by atoms with van der Waals surface area (Å²) in [6.07, 6.45) is 3.44. The fourth-order valence-corrected chi connectivity index (χ4v) is 4.13. The number of guanidine groups is 1. The second-order valence-corrected chi connectivity index (χ2v) is 7.87. The zero-order valence-corrected chi connectivity index (χ0v) is 20.6. The molecule has 160 valence electrons. The van der Waals surface area contributed by atoms with Crippen molar-refractivity contribution in [2.75, 3.05) is 32.8 Å². The lowest BCUT2D eigenvalue weighted by atomic mass is 10.1. The summed E-state index contributed by atoms with van der Waals surface area (Å²) in [4.78, 5) is 24.3. The maximum absolute atomic E-state index is 11.8. The first-order chi connectivity index (χ1) is 13.1. The van der Waals surface area contributed by atoms with E-state index < -0.39 is 0 Å². The highest BCUT2D eigenvalue weighted by atomic mass is 127. The monoisotopic (exact) mass is 523 g/mol. The molecule has 1 aliphatic rings. The van der Waals surface area contributed by atoms with Crippen LogP contribution in [0.5, 0.6) is 0 Å².